The zero-order chi connectivity index (χ0) is 9.45. The molecule has 0 spiro atoms. The van der Waals surface area contributed by atoms with E-state index in [4.69, 9.17) is 16.3 Å². The molecule has 1 atom stereocenters. The third-order valence-corrected chi connectivity index (χ3v) is 2.47. The third-order valence-electron chi connectivity index (χ3n) is 2.28. The molecule has 0 aromatic heterocycles. The maximum absolute atomic E-state index is 5.71. The summed E-state index contributed by atoms with van der Waals surface area (Å²) >= 11 is 5.71. The minimum atomic E-state index is 0.181. The van der Waals surface area contributed by atoms with E-state index in [-0.39, 0.29) is 5.54 Å². The van der Waals surface area contributed by atoms with Crippen LogP contribution in [-0.4, -0.2) is 31.7 Å². The lowest BCUT2D eigenvalue weighted by Gasteiger charge is -2.28. The average Bonchev–Trinajstić information content (AvgIpc) is 2.06. The lowest BCUT2D eigenvalue weighted by Crippen LogP contribution is -2.43. The third kappa shape index (κ3) is 4.96. The molecule has 3 heteroatoms. The van der Waals surface area contributed by atoms with Gasteiger partial charge in [-0.1, -0.05) is 6.92 Å². The second-order valence-electron chi connectivity index (χ2n) is 3.27. The molecule has 0 radical (unpaired) electrons. The summed E-state index contributed by atoms with van der Waals surface area (Å²) in [7, 11) is 1.71. The summed E-state index contributed by atoms with van der Waals surface area (Å²) < 4.78 is 4.96. The molecule has 0 saturated carbocycles. The van der Waals surface area contributed by atoms with Crippen molar-refractivity contribution in [3.05, 3.63) is 0 Å². The van der Waals surface area contributed by atoms with Gasteiger partial charge in [-0.05, 0) is 19.8 Å². The van der Waals surface area contributed by atoms with Crippen molar-refractivity contribution in [2.45, 2.75) is 32.2 Å². The van der Waals surface area contributed by atoms with Gasteiger partial charge in [-0.3, -0.25) is 0 Å². The number of alkyl halides is 1. The summed E-state index contributed by atoms with van der Waals surface area (Å²) in [5, 5.41) is 3.44. The van der Waals surface area contributed by atoms with E-state index in [2.05, 4.69) is 19.2 Å². The van der Waals surface area contributed by atoms with Gasteiger partial charge in [0.15, 0.2) is 0 Å². The molecule has 0 aromatic carbocycles. The van der Waals surface area contributed by atoms with Gasteiger partial charge in [0.1, 0.15) is 0 Å². The first-order valence-electron chi connectivity index (χ1n) is 4.48. The zero-order valence-corrected chi connectivity index (χ0v) is 9.08. The molecule has 0 saturated heterocycles. The summed E-state index contributed by atoms with van der Waals surface area (Å²) in [6.45, 7) is 6.03. The molecule has 0 rings (SSSR count). The van der Waals surface area contributed by atoms with Crippen LogP contribution in [0.15, 0.2) is 0 Å². The second-order valence-corrected chi connectivity index (χ2v) is 3.65. The van der Waals surface area contributed by atoms with Crippen molar-refractivity contribution in [3.8, 4) is 0 Å². The van der Waals surface area contributed by atoms with Crippen molar-refractivity contribution in [3.63, 3.8) is 0 Å². The number of hydrogen-bond acceptors (Lipinski definition) is 2. The Morgan fingerprint density at radius 3 is 2.58 bits per heavy atom. The van der Waals surface area contributed by atoms with Crippen molar-refractivity contribution in [1.82, 2.24) is 5.32 Å². The highest BCUT2D eigenvalue weighted by atomic mass is 35.5. The Balaban J connectivity index is 3.63. The first-order valence-corrected chi connectivity index (χ1v) is 5.02. The standard InChI is InChI=1S/C9H20ClNO/c1-4-9(2,5-6-10)11-7-8-12-3/h11H,4-8H2,1-3H3. The average molecular weight is 194 g/mol. The molecule has 0 bridgehead atoms. The van der Waals surface area contributed by atoms with E-state index in [1.807, 2.05) is 0 Å². The quantitative estimate of drug-likeness (QED) is 0.494. The van der Waals surface area contributed by atoms with Crippen LogP contribution in [0.25, 0.3) is 0 Å². The van der Waals surface area contributed by atoms with Gasteiger partial charge in [0.05, 0.1) is 6.61 Å². The van der Waals surface area contributed by atoms with Crippen LogP contribution in [0.3, 0.4) is 0 Å². The molecule has 0 heterocycles. The highest BCUT2D eigenvalue weighted by molar-refractivity contribution is 6.17. The summed E-state index contributed by atoms with van der Waals surface area (Å²) in [6, 6.07) is 0. The van der Waals surface area contributed by atoms with Gasteiger partial charge in [0.2, 0.25) is 0 Å². The topological polar surface area (TPSA) is 21.3 Å². The van der Waals surface area contributed by atoms with Crippen LogP contribution in [0, 0.1) is 0 Å². The fourth-order valence-electron chi connectivity index (χ4n) is 1.05. The summed E-state index contributed by atoms with van der Waals surface area (Å²) in [4.78, 5) is 0. The van der Waals surface area contributed by atoms with Crippen LogP contribution in [0.1, 0.15) is 26.7 Å². The molecule has 2 nitrogen and oxygen atoms in total. The Kier molecular flexibility index (Phi) is 6.81. The molecule has 0 aliphatic carbocycles. The molecule has 0 aromatic rings. The fraction of sp³-hybridized carbons (Fsp3) is 1.00. The predicted molar refractivity (Wildman–Crippen MR) is 53.9 cm³/mol. The molecule has 0 aliphatic rings. The number of methoxy groups -OCH3 is 1. The zero-order valence-electron chi connectivity index (χ0n) is 8.32. The van der Waals surface area contributed by atoms with Crippen LogP contribution in [0.5, 0.6) is 0 Å². The van der Waals surface area contributed by atoms with Crippen LogP contribution < -0.4 is 5.32 Å². The van der Waals surface area contributed by atoms with Gasteiger partial charge in [0, 0.05) is 25.1 Å². The summed E-state index contributed by atoms with van der Waals surface area (Å²) in [6.07, 6.45) is 2.11. The van der Waals surface area contributed by atoms with Crippen LogP contribution in [-0.2, 0) is 4.74 Å². The molecule has 12 heavy (non-hydrogen) atoms. The van der Waals surface area contributed by atoms with Gasteiger partial charge < -0.3 is 10.1 Å². The maximum atomic E-state index is 5.71. The molecular formula is C9H20ClNO. The van der Waals surface area contributed by atoms with Crippen molar-refractivity contribution < 1.29 is 4.74 Å². The van der Waals surface area contributed by atoms with E-state index in [0.717, 1.165) is 26.0 Å². The molecule has 0 fully saturated rings. The van der Waals surface area contributed by atoms with Gasteiger partial charge in [0.25, 0.3) is 0 Å². The number of nitrogens with one attached hydrogen (secondary N) is 1. The van der Waals surface area contributed by atoms with E-state index in [0.29, 0.717) is 5.88 Å². The SMILES string of the molecule is CCC(C)(CCCl)NCCOC. The van der Waals surface area contributed by atoms with E-state index in [1.165, 1.54) is 0 Å². The van der Waals surface area contributed by atoms with Gasteiger partial charge in [-0.2, -0.15) is 0 Å². The molecule has 0 amide bonds. The number of rotatable bonds is 7. The number of hydrogen-bond donors (Lipinski definition) is 1. The molecule has 0 aliphatic heterocycles. The Morgan fingerprint density at radius 1 is 1.50 bits per heavy atom. The largest absolute Gasteiger partial charge is 0.383 e. The Hall–Kier alpha value is 0.210. The van der Waals surface area contributed by atoms with Gasteiger partial charge in [-0.15, -0.1) is 11.6 Å². The molecule has 1 N–H and O–H groups in total. The summed E-state index contributed by atoms with van der Waals surface area (Å²) in [5.41, 5.74) is 0.181. The van der Waals surface area contributed by atoms with Crippen molar-refractivity contribution in [2.75, 3.05) is 26.1 Å². The van der Waals surface area contributed by atoms with Crippen molar-refractivity contribution in [2.24, 2.45) is 0 Å². The van der Waals surface area contributed by atoms with E-state index in [9.17, 15) is 0 Å². The highest BCUT2D eigenvalue weighted by Crippen LogP contribution is 2.14. The number of ether oxygens (including phenoxy) is 1. The fourth-order valence-corrected chi connectivity index (χ4v) is 1.47. The van der Waals surface area contributed by atoms with Crippen LogP contribution in [0.4, 0.5) is 0 Å². The van der Waals surface area contributed by atoms with Crippen molar-refractivity contribution >= 4 is 11.6 Å². The maximum Gasteiger partial charge on any atom is 0.0587 e. The Bertz CT molecular complexity index is 111. The highest BCUT2D eigenvalue weighted by Gasteiger charge is 2.19. The first kappa shape index (κ1) is 12.2. The summed E-state index contributed by atoms with van der Waals surface area (Å²) in [5.74, 6) is 0.713. The lowest BCUT2D eigenvalue weighted by atomic mass is 9.95. The monoisotopic (exact) mass is 193 g/mol. The molecule has 74 valence electrons. The van der Waals surface area contributed by atoms with E-state index >= 15 is 0 Å². The lowest BCUT2D eigenvalue weighted by molar-refractivity contribution is 0.184. The Labute approximate surface area is 80.6 Å². The van der Waals surface area contributed by atoms with E-state index < -0.39 is 0 Å². The van der Waals surface area contributed by atoms with E-state index in [1.54, 1.807) is 7.11 Å². The first-order chi connectivity index (χ1) is 5.68. The van der Waals surface area contributed by atoms with Crippen molar-refractivity contribution in [1.29, 1.82) is 0 Å². The minimum absolute atomic E-state index is 0.181. The van der Waals surface area contributed by atoms with Crippen LogP contribution in [0.2, 0.25) is 0 Å². The normalized spacial score (nSPS) is 16.0. The molecular weight excluding hydrogens is 174 g/mol. The van der Waals surface area contributed by atoms with Crippen LogP contribution >= 0.6 is 11.6 Å². The predicted octanol–water partition coefficient (Wildman–Crippen LogP) is 2.02. The number of halogens is 1. The smallest absolute Gasteiger partial charge is 0.0587 e. The second kappa shape index (κ2) is 6.70. The molecule has 1 unspecified atom stereocenters. The Morgan fingerprint density at radius 2 is 2.17 bits per heavy atom. The van der Waals surface area contributed by atoms with Gasteiger partial charge in [-0.25, -0.2) is 0 Å². The van der Waals surface area contributed by atoms with Gasteiger partial charge >= 0.3 is 0 Å². The minimum Gasteiger partial charge on any atom is -0.383 e.